The van der Waals surface area contributed by atoms with Crippen LogP contribution < -0.4 is 10.6 Å². The number of ether oxygens (including phenoxy) is 10. The van der Waals surface area contributed by atoms with E-state index >= 15 is 0 Å². The molecule has 2 saturated heterocycles. The summed E-state index contributed by atoms with van der Waals surface area (Å²) in [5, 5.41) is 14.9. The SMILES string of the molecule is CC(=O)OC[C@H]1O[C@H](SCCC(=O)NCCC[C@H](NC(=O)CCS[C@H]2O[C@H](COC(C)=O)[C@@H](OC(C)=O)[C@H](OC(C)=O)[C@@H]2OC(C)=O)C(=O)O)[C@@H](OC(C)=O)[C@@H](OC(C)=O)[C@@H]1OC(C)=O. The molecule has 3 N–H and O–H groups in total. The van der Waals surface area contributed by atoms with E-state index in [1.54, 1.807) is 0 Å². The van der Waals surface area contributed by atoms with Crippen molar-refractivity contribution in [1.29, 1.82) is 0 Å². The van der Waals surface area contributed by atoms with Gasteiger partial charge in [-0.05, 0) is 12.8 Å². The van der Waals surface area contributed by atoms with Gasteiger partial charge in [-0.3, -0.25) is 47.9 Å². The third-order valence-electron chi connectivity index (χ3n) is 8.74. The van der Waals surface area contributed by atoms with Crippen LogP contribution in [0.5, 0.6) is 0 Å². The molecule has 2 fully saturated rings. The first-order valence-electron chi connectivity index (χ1n) is 20.1. The zero-order valence-corrected chi connectivity index (χ0v) is 38.7. The summed E-state index contributed by atoms with van der Waals surface area (Å²) in [6.45, 7) is 7.95. The molecule has 65 heavy (non-hydrogen) atoms. The van der Waals surface area contributed by atoms with Gasteiger partial charge in [0.05, 0.1) is 0 Å². The summed E-state index contributed by atoms with van der Waals surface area (Å²) in [7, 11) is 0. The molecule has 24 nitrogen and oxygen atoms in total. The van der Waals surface area contributed by atoms with Crippen molar-refractivity contribution in [1.82, 2.24) is 10.6 Å². The Morgan fingerprint density at radius 2 is 0.862 bits per heavy atom. The first-order chi connectivity index (χ1) is 30.5. The number of nitrogens with one attached hydrogen (secondary N) is 2. The standard InChI is InChI=1S/C39H56N2O22S2/c1-18(42)54-16-27-31(56-20(3)44)33(58-22(5)46)35(60-24(7)48)38(62-27)64-14-11-29(50)40-13-9-10-26(37(52)53)41-30(51)12-15-65-39-36(61-25(8)49)34(59-23(6)47)32(57-21(4)45)28(63-39)17-55-19(2)43/h26-28,31-36,38-39H,9-17H2,1-8H3,(H,40,50)(H,41,51)(H,52,53)/t26-,27+,28+,31+,32+,33-,34-,35-,36-,38+,39+/m0/s1. The molecule has 26 heteroatoms. The Kier molecular flexibility index (Phi) is 24.1. The van der Waals surface area contributed by atoms with E-state index in [1.165, 1.54) is 0 Å². The molecule has 2 heterocycles. The molecule has 366 valence electrons. The van der Waals surface area contributed by atoms with Gasteiger partial charge in [0.25, 0.3) is 0 Å². The third-order valence-corrected chi connectivity index (χ3v) is 11.0. The number of hydrogen-bond donors (Lipinski definition) is 3. The molecule has 2 rings (SSSR count). The minimum Gasteiger partial charge on any atom is -0.480 e. The summed E-state index contributed by atoms with van der Waals surface area (Å²) in [4.78, 5) is 133. The van der Waals surface area contributed by atoms with E-state index in [9.17, 15) is 57.8 Å². The van der Waals surface area contributed by atoms with Gasteiger partial charge >= 0.3 is 53.7 Å². The lowest BCUT2D eigenvalue weighted by Gasteiger charge is -2.44. The molecule has 0 bridgehead atoms. The maximum atomic E-state index is 12.9. The Morgan fingerprint density at radius 3 is 1.22 bits per heavy atom. The highest BCUT2D eigenvalue weighted by atomic mass is 32.2. The number of carboxylic acids is 1. The van der Waals surface area contributed by atoms with Crippen LogP contribution in [0.15, 0.2) is 0 Å². The molecule has 2 aliphatic heterocycles. The topological polar surface area (TPSA) is 324 Å². The van der Waals surface area contributed by atoms with Crippen molar-refractivity contribution >= 4 is 89.1 Å². The van der Waals surface area contributed by atoms with Crippen LogP contribution in [0.2, 0.25) is 0 Å². The minimum absolute atomic E-state index is 0.0148. The number of esters is 8. The molecule has 0 saturated carbocycles. The van der Waals surface area contributed by atoms with Crippen molar-refractivity contribution in [2.24, 2.45) is 0 Å². The minimum atomic E-state index is -1.40. The molecule has 0 aromatic carbocycles. The number of carboxylic acid groups (broad SMARTS) is 1. The van der Waals surface area contributed by atoms with Crippen LogP contribution in [0.4, 0.5) is 0 Å². The summed E-state index contributed by atoms with van der Waals surface area (Å²) in [6.07, 6.45) is -10.8. The van der Waals surface area contributed by atoms with Crippen molar-refractivity contribution in [3.8, 4) is 0 Å². The summed E-state index contributed by atoms with van der Waals surface area (Å²) in [5.74, 6) is -8.64. The van der Waals surface area contributed by atoms with E-state index in [1.807, 2.05) is 0 Å². The van der Waals surface area contributed by atoms with Crippen molar-refractivity contribution in [2.45, 2.75) is 147 Å². The van der Waals surface area contributed by atoms with Crippen LogP contribution >= 0.6 is 23.5 Å². The molecular formula is C39H56N2O22S2. The van der Waals surface area contributed by atoms with E-state index in [4.69, 9.17) is 47.4 Å². The molecule has 0 aromatic rings. The van der Waals surface area contributed by atoms with Gasteiger partial charge in [0.15, 0.2) is 36.6 Å². The van der Waals surface area contributed by atoms with Crippen molar-refractivity contribution in [2.75, 3.05) is 31.3 Å². The number of carbonyl (C=O) groups is 11. The average molecular weight is 969 g/mol. The molecular weight excluding hydrogens is 913 g/mol. The van der Waals surface area contributed by atoms with Gasteiger partial charge < -0.3 is 63.1 Å². The molecule has 0 aliphatic carbocycles. The summed E-state index contributed by atoms with van der Waals surface area (Å²) in [6, 6.07) is -1.35. The quantitative estimate of drug-likeness (QED) is 0.0644. The monoisotopic (exact) mass is 968 g/mol. The zero-order valence-electron chi connectivity index (χ0n) is 37.1. The number of aliphatic carboxylic acids is 1. The zero-order chi connectivity index (χ0) is 49.0. The lowest BCUT2D eigenvalue weighted by Crippen LogP contribution is -2.61. The lowest BCUT2D eigenvalue weighted by atomic mass is 9.99. The Hall–Kier alpha value is -5.21. The Labute approximate surface area is 382 Å². The molecule has 0 spiro atoms. The molecule has 0 aromatic heterocycles. The van der Waals surface area contributed by atoms with Crippen LogP contribution in [0.1, 0.15) is 81.1 Å². The van der Waals surface area contributed by atoms with Gasteiger partial charge in [0, 0.05) is 86.3 Å². The lowest BCUT2D eigenvalue weighted by molar-refractivity contribution is -0.237. The van der Waals surface area contributed by atoms with Crippen LogP contribution in [-0.2, 0) is 100 Å². The second-order valence-corrected chi connectivity index (χ2v) is 16.7. The predicted octanol–water partition coefficient (Wildman–Crippen LogP) is -0.135. The van der Waals surface area contributed by atoms with Gasteiger partial charge in [-0.2, -0.15) is 0 Å². The molecule has 0 radical (unpaired) electrons. The van der Waals surface area contributed by atoms with Crippen molar-refractivity contribution in [3.05, 3.63) is 0 Å². The van der Waals surface area contributed by atoms with E-state index in [0.717, 1.165) is 78.9 Å². The fourth-order valence-electron chi connectivity index (χ4n) is 6.33. The number of carbonyl (C=O) groups excluding carboxylic acids is 10. The fourth-order valence-corrected chi connectivity index (χ4v) is 8.64. The highest BCUT2D eigenvalue weighted by Crippen LogP contribution is 2.36. The third kappa shape index (κ3) is 20.7. The first-order valence-corrected chi connectivity index (χ1v) is 22.2. The molecule has 2 aliphatic rings. The second kappa shape index (κ2) is 28.0. The predicted molar refractivity (Wildman–Crippen MR) is 220 cm³/mol. The van der Waals surface area contributed by atoms with Crippen LogP contribution in [0, 0.1) is 0 Å². The van der Waals surface area contributed by atoms with Crippen LogP contribution in [0.25, 0.3) is 0 Å². The number of rotatable bonds is 24. The normalized spacial score (nSPS) is 25.2. The van der Waals surface area contributed by atoms with Crippen LogP contribution in [0.3, 0.4) is 0 Å². The van der Waals surface area contributed by atoms with Crippen LogP contribution in [-0.4, -0.2) is 168 Å². The average Bonchev–Trinajstić information content (AvgIpc) is 3.17. The van der Waals surface area contributed by atoms with E-state index in [2.05, 4.69) is 10.6 Å². The second-order valence-electron chi connectivity index (χ2n) is 14.3. The first kappa shape index (κ1) is 55.9. The summed E-state index contributed by atoms with van der Waals surface area (Å²) in [5.41, 5.74) is -2.23. The van der Waals surface area contributed by atoms with Gasteiger partial charge in [0.2, 0.25) is 11.8 Å². The number of thioether (sulfide) groups is 2. The molecule has 11 atom stereocenters. The largest absolute Gasteiger partial charge is 0.480 e. The Morgan fingerprint density at radius 1 is 0.508 bits per heavy atom. The van der Waals surface area contributed by atoms with Gasteiger partial charge in [-0.15, -0.1) is 23.5 Å². The fraction of sp³-hybridized carbons (Fsp3) is 0.718. The molecule has 0 unspecified atom stereocenters. The maximum Gasteiger partial charge on any atom is 0.326 e. The number of amides is 2. The van der Waals surface area contributed by atoms with Crippen molar-refractivity contribution in [3.63, 3.8) is 0 Å². The molecule has 2 amide bonds. The summed E-state index contributed by atoms with van der Waals surface area (Å²) >= 11 is 1.94. The van der Waals surface area contributed by atoms with Crippen molar-refractivity contribution < 1.29 is 105 Å². The van der Waals surface area contributed by atoms with Gasteiger partial charge in [-0.25, -0.2) is 4.79 Å². The van der Waals surface area contributed by atoms with Gasteiger partial charge in [-0.1, -0.05) is 0 Å². The van der Waals surface area contributed by atoms with E-state index < -0.39 is 144 Å². The maximum absolute atomic E-state index is 12.9. The Bertz CT molecular complexity index is 1730. The smallest absolute Gasteiger partial charge is 0.326 e. The van der Waals surface area contributed by atoms with E-state index in [0.29, 0.717) is 0 Å². The van der Waals surface area contributed by atoms with Gasteiger partial charge in [0.1, 0.15) is 42.3 Å². The number of hydrogen-bond acceptors (Lipinski definition) is 23. The highest BCUT2D eigenvalue weighted by molar-refractivity contribution is 8.00. The Balaban J connectivity index is 2.00. The highest BCUT2D eigenvalue weighted by Gasteiger charge is 2.53. The van der Waals surface area contributed by atoms with E-state index in [-0.39, 0.29) is 43.7 Å². The summed E-state index contributed by atoms with van der Waals surface area (Å²) < 4.78 is 54.4.